The minimum Gasteiger partial charge on any atom is -0.283 e. The summed E-state index contributed by atoms with van der Waals surface area (Å²) in [4.78, 5) is 38.6. The van der Waals surface area contributed by atoms with Crippen LogP contribution in [0.2, 0.25) is 0 Å². The molecule has 2 aliphatic heterocycles. The summed E-state index contributed by atoms with van der Waals surface area (Å²) in [5.74, 6) is 5.43. The molecule has 0 radical (unpaired) electrons. The lowest BCUT2D eigenvalue weighted by Gasteiger charge is -2.13. The Labute approximate surface area is 174 Å². The number of thioether (sulfide) groups is 2. The summed E-state index contributed by atoms with van der Waals surface area (Å²) in [7, 11) is 1.76. The molecule has 2 amide bonds. The third-order valence-electron chi connectivity index (χ3n) is 4.53. The molecule has 1 aromatic carbocycles. The van der Waals surface area contributed by atoms with Gasteiger partial charge in [0.2, 0.25) is 11.1 Å². The van der Waals surface area contributed by atoms with Crippen molar-refractivity contribution >= 4 is 51.4 Å². The molecule has 3 heterocycles. The number of anilines is 1. The fourth-order valence-electron chi connectivity index (χ4n) is 3.00. The van der Waals surface area contributed by atoms with Gasteiger partial charge >= 0.3 is 0 Å². The van der Waals surface area contributed by atoms with Gasteiger partial charge in [-0.05, 0) is 19.1 Å². The zero-order chi connectivity index (χ0) is 20.7. The Bertz CT molecular complexity index is 1120. The largest absolute Gasteiger partial charge is 0.296 e. The van der Waals surface area contributed by atoms with E-state index in [0.29, 0.717) is 11.4 Å². The predicted octanol–water partition coefficient (Wildman–Crippen LogP) is 0.640. The van der Waals surface area contributed by atoms with Gasteiger partial charge in [0.05, 0.1) is 22.9 Å². The van der Waals surface area contributed by atoms with Crippen LogP contribution in [0, 0.1) is 6.92 Å². The number of carbonyl (C=O) groups is 2. The molecule has 0 unspecified atom stereocenters. The van der Waals surface area contributed by atoms with Crippen molar-refractivity contribution in [2.24, 2.45) is 23.1 Å². The minimum atomic E-state index is -0.335. The van der Waals surface area contributed by atoms with E-state index in [4.69, 9.17) is 5.84 Å². The zero-order valence-corrected chi connectivity index (χ0v) is 17.2. The van der Waals surface area contributed by atoms with Crippen LogP contribution in [0.3, 0.4) is 0 Å². The van der Waals surface area contributed by atoms with E-state index in [2.05, 4.69) is 10.2 Å². The standard InChI is InChI=1S/C17H17N7O3S2/c1-10-14(15(27)24(21(10)2)11-6-4-3-5-7-11)22-12(25)8-28-16(22)19-20-17-23(18)13(26)9-29-17/h3-7H,8-9,18H2,1-2H3/b19-16-,20-17-. The van der Waals surface area contributed by atoms with Crippen molar-refractivity contribution in [1.29, 1.82) is 0 Å². The summed E-state index contributed by atoms with van der Waals surface area (Å²) in [6, 6.07) is 9.17. The maximum atomic E-state index is 13.2. The molecule has 2 aliphatic rings. The summed E-state index contributed by atoms with van der Waals surface area (Å²) in [5, 5.41) is 9.56. The van der Waals surface area contributed by atoms with Gasteiger partial charge in [0, 0.05) is 7.05 Å². The van der Waals surface area contributed by atoms with E-state index < -0.39 is 0 Å². The molecular weight excluding hydrogens is 414 g/mol. The number of para-hydroxylation sites is 1. The average Bonchev–Trinajstić information content (AvgIpc) is 3.30. The number of hydrogen-bond donors (Lipinski definition) is 1. The molecule has 0 bridgehead atoms. The number of hydrazine groups is 1. The highest BCUT2D eigenvalue weighted by Gasteiger charge is 2.35. The molecule has 0 atom stereocenters. The first-order valence-electron chi connectivity index (χ1n) is 8.56. The number of hydrogen-bond acceptors (Lipinski definition) is 8. The molecule has 150 valence electrons. The van der Waals surface area contributed by atoms with Crippen LogP contribution in [0.5, 0.6) is 0 Å². The van der Waals surface area contributed by atoms with Gasteiger partial charge in [0.1, 0.15) is 5.69 Å². The van der Waals surface area contributed by atoms with Gasteiger partial charge in [0.15, 0.2) is 5.17 Å². The summed E-state index contributed by atoms with van der Waals surface area (Å²) >= 11 is 2.34. The monoisotopic (exact) mass is 431 g/mol. The summed E-state index contributed by atoms with van der Waals surface area (Å²) in [6.07, 6.45) is 0. The highest BCUT2D eigenvalue weighted by Crippen LogP contribution is 2.28. The van der Waals surface area contributed by atoms with Gasteiger partial charge in [-0.3, -0.25) is 19.1 Å². The molecule has 2 saturated heterocycles. The number of benzene rings is 1. The minimum absolute atomic E-state index is 0.140. The van der Waals surface area contributed by atoms with Crippen molar-refractivity contribution in [3.63, 3.8) is 0 Å². The summed E-state index contributed by atoms with van der Waals surface area (Å²) in [5.41, 5.74) is 1.19. The van der Waals surface area contributed by atoms with Gasteiger partial charge in [-0.2, -0.15) is 0 Å². The van der Waals surface area contributed by atoms with Crippen LogP contribution in [-0.2, 0) is 16.6 Å². The van der Waals surface area contributed by atoms with Gasteiger partial charge in [-0.1, -0.05) is 41.7 Å². The normalized spacial score (nSPS) is 20.0. The first-order chi connectivity index (χ1) is 13.9. The zero-order valence-electron chi connectivity index (χ0n) is 15.6. The van der Waals surface area contributed by atoms with Gasteiger partial charge in [0.25, 0.3) is 11.5 Å². The summed E-state index contributed by atoms with van der Waals surface area (Å²) < 4.78 is 3.19. The molecule has 4 rings (SSSR count). The van der Waals surface area contributed by atoms with E-state index >= 15 is 0 Å². The topological polar surface area (TPSA) is 118 Å². The van der Waals surface area contributed by atoms with E-state index in [1.54, 1.807) is 18.7 Å². The number of aromatic nitrogens is 2. The molecule has 0 spiro atoms. The molecule has 12 heteroatoms. The first-order valence-corrected chi connectivity index (χ1v) is 10.5. The van der Waals surface area contributed by atoms with Crippen molar-refractivity contribution in [1.82, 2.24) is 14.4 Å². The van der Waals surface area contributed by atoms with E-state index in [9.17, 15) is 14.4 Å². The highest BCUT2D eigenvalue weighted by atomic mass is 32.2. The second kappa shape index (κ2) is 7.54. The lowest BCUT2D eigenvalue weighted by atomic mass is 10.3. The van der Waals surface area contributed by atoms with Crippen molar-refractivity contribution in [2.45, 2.75) is 6.92 Å². The van der Waals surface area contributed by atoms with Crippen LogP contribution in [0.1, 0.15) is 5.69 Å². The van der Waals surface area contributed by atoms with Crippen LogP contribution in [0.15, 0.2) is 45.3 Å². The quantitative estimate of drug-likeness (QED) is 0.433. The van der Waals surface area contributed by atoms with Crippen molar-refractivity contribution in [3.05, 3.63) is 46.4 Å². The average molecular weight is 432 g/mol. The molecular formula is C17H17N7O3S2. The predicted molar refractivity (Wildman–Crippen MR) is 114 cm³/mol. The van der Waals surface area contributed by atoms with E-state index in [1.165, 1.54) is 21.3 Å². The van der Waals surface area contributed by atoms with Crippen LogP contribution in [0.4, 0.5) is 5.69 Å². The van der Waals surface area contributed by atoms with Gasteiger partial charge in [-0.25, -0.2) is 20.4 Å². The Morgan fingerprint density at radius 1 is 0.966 bits per heavy atom. The van der Waals surface area contributed by atoms with Gasteiger partial charge in [-0.15, -0.1) is 10.2 Å². The highest BCUT2D eigenvalue weighted by molar-refractivity contribution is 8.15. The first kappa shape index (κ1) is 19.5. The Kier molecular flexibility index (Phi) is 5.06. The third-order valence-corrected chi connectivity index (χ3v) is 6.38. The molecule has 1 aromatic heterocycles. The number of rotatable bonds is 3. The molecule has 2 aromatic rings. The van der Waals surface area contributed by atoms with Crippen LogP contribution in [0.25, 0.3) is 5.69 Å². The molecule has 2 fully saturated rings. The van der Waals surface area contributed by atoms with Crippen molar-refractivity contribution in [3.8, 4) is 5.69 Å². The van der Waals surface area contributed by atoms with Crippen molar-refractivity contribution < 1.29 is 9.59 Å². The number of nitrogens with two attached hydrogens (primary N) is 1. The molecule has 0 aliphatic carbocycles. The second-order valence-corrected chi connectivity index (χ2v) is 8.13. The van der Waals surface area contributed by atoms with E-state index in [-0.39, 0.29) is 44.9 Å². The maximum Gasteiger partial charge on any atom is 0.296 e. The fourth-order valence-corrected chi connectivity index (χ4v) is 4.54. The number of amides is 2. The van der Waals surface area contributed by atoms with Crippen molar-refractivity contribution in [2.75, 3.05) is 16.4 Å². The summed E-state index contributed by atoms with van der Waals surface area (Å²) in [6.45, 7) is 1.77. The van der Waals surface area contributed by atoms with Crippen LogP contribution >= 0.6 is 23.5 Å². The number of nitrogens with zero attached hydrogens (tertiary/aromatic N) is 6. The second-order valence-electron chi connectivity index (χ2n) is 6.25. The molecule has 0 saturated carbocycles. The Morgan fingerprint density at radius 2 is 1.59 bits per heavy atom. The van der Waals surface area contributed by atoms with Crippen LogP contribution < -0.4 is 16.3 Å². The number of amidine groups is 2. The molecule has 2 N–H and O–H groups in total. The third kappa shape index (κ3) is 3.28. The SMILES string of the molecule is Cc1c(N2C(=O)CS/C2=N\N=C2/SCC(=O)N2N)c(=O)n(-c2ccccc2)n1C. The van der Waals surface area contributed by atoms with E-state index in [1.807, 2.05) is 30.3 Å². The molecule has 29 heavy (non-hydrogen) atoms. The lowest BCUT2D eigenvalue weighted by molar-refractivity contribution is -0.124. The number of carbonyl (C=O) groups excluding carboxylic acids is 2. The Morgan fingerprint density at radius 3 is 2.24 bits per heavy atom. The Balaban J connectivity index is 1.78. The Hall–Kier alpha value is -2.83. The van der Waals surface area contributed by atoms with E-state index in [0.717, 1.165) is 16.8 Å². The molecule has 10 nitrogen and oxygen atoms in total. The smallest absolute Gasteiger partial charge is 0.283 e. The lowest BCUT2D eigenvalue weighted by Crippen LogP contribution is -2.36. The maximum absolute atomic E-state index is 13.2. The van der Waals surface area contributed by atoms with Crippen LogP contribution in [-0.4, -0.2) is 48.0 Å². The van der Waals surface area contributed by atoms with Gasteiger partial charge < -0.3 is 0 Å². The fraction of sp³-hybridized carbons (Fsp3) is 0.235.